The van der Waals surface area contributed by atoms with Crippen molar-refractivity contribution in [2.75, 3.05) is 0 Å². The second kappa shape index (κ2) is 6.92. The van der Waals surface area contributed by atoms with E-state index in [2.05, 4.69) is 4.89 Å². The van der Waals surface area contributed by atoms with Crippen molar-refractivity contribution in [2.24, 2.45) is 11.8 Å². The van der Waals surface area contributed by atoms with Crippen molar-refractivity contribution >= 4 is 11.9 Å². The van der Waals surface area contributed by atoms with Crippen LogP contribution < -0.4 is 56.5 Å². The fourth-order valence-corrected chi connectivity index (χ4v) is 1.64. The summed E-state index contributed by atoms with van der Waals surface area (Å²) in [5, 5.41) is 18.5. The average molecular weight is 226 g/mol. The predicted molar refractivity (Wildman–Crippen MR) is 39.2 cm³/mol. The molecule has 1 rings (SSSR count). The van der Waals surface area contributed by atoms with Gasteiger partial charge in [0.1, 0.15) is 0 Å². The Kier molecular flexibility index (Phi) is 7.18. The van der Waals surface area contributed by atoms with Crippen LogP contribution >= 0.6 is 0 Å². The molecule has 1 aliphatic carbocycles. The van der Waals surface area contributed by atoms with Crippen LogP contribution in [0.2, 0.25) is 0 Å². The maximum atomic E-state index is 10.8. The minimum absolute atomic E-state index is 0. The van der Waals surface area contributed by atoms with E-state index < -0.39 is 17.9 Å². The zero-order valence-corrected chi connectivity index (χ0v) is 11.2. The molecule has 0 heterocycles. The van der Waals surface area contributed by atoms with Crippen LogP contribution in [0.25, 0.3) is 0 Å². The topological polar surface area (TPSA) is 86.7 Å². The third-order valence-corrected chi connectivity index (χ3v) is 2.48. The van der Waals surface area contributed by atoms with Crippen LogP contribution in [0.5, 0.6) is 0 Å². The summed E-state index contributed by atoms with van der Waals surface area (Å²) in [6.07, 6.45) is 1.72. The van der Waals surface area contributed by atoms with E-state index in [9.17, 15) is 14.7 Å². The van der Waals surface area contributed by atoms with Crippen molar-refractivity contribution in [1.29, 1.82) is 0 Å². The van der Waals surface area contributed by atoms with Crippen molar-refractivity contribution < 1.29 is 76.2 Å². The van der Waals surface area contributed by atoms with Crippen molar-refractivity contribution in [1.82, 2.24) is 0 Å². The van der Waals surface area contributed by atoms with E-state index in [1.165, 1.54) is 0 Å². The number of carbonyl (C=O) groups excluding carboxylic acids is 2. The Bertz CT molecular complexity index is 210. The van der Waals surface area contributed by atoms with Gasteiger partial charge in [-0.1, -0.05) is 0 Å². The summed E-state index contributed by atoms with van der Waals surface area (Å²) in [4.78, 5) is 24.8. The maximum Gasteiger partial charge on any atom is 1.00 e. The average Bonchev–Trinajstić information content (AvgIpc) is 2.17. The smallest absolute Gasteiger partial charge is 0.550 e. The molecule has 0 atom stereocenters. The molecule has 1 aliphatic rings. The molecule has 0 radical (unpaired) electrons. The number of aliphatic carboxylic acids is 1. The number of carboxylic acids is 1. The van der Waals surface area contributed by atoms with Crippen molar-refractivity contribution in [2.45, 2.75) is 25.7 Å². The van der Waals surface area contributed by atoms with Crippen LogP contribution in [-0.4, -0.2) is 17.2 Å². The number of carbonyl (C=O) groups is 2. The minimum Gasteiger partial charge on any atom is -0.550 e. The van der Waals surface area contributed by atoms with Gasteiger partial charge in [0.15, 0.2) is 0 Å². The third-order valence-electron chi connectivity index (χ3n) is 2.48. The Morgan fingerprint density at radius 1 is 1.14 bits per heavy atom. The molecule has 5 nitrogen and oxygen atoms in total. The van der Waals surface area contributed by atoms with Gasteiger partial charge in [-0.05, 0) is 31.6 Å². The molecule has 1 fully saturated rings. The van der Waals surface area contributed by atoms with Gasteiger partial charge < -0.3 is 14.8 Å². The summed E-state index contributed by atoms with van der Waals surface area (Å²) >= 11 is 0. The first kappa shape index (κ1) is 14.5. The van der Waals surface area contributed by atoms with Crippen LogP contribution in [0.3, 0.4) is 0 Å². The van der Waals surface area contributed by atoms with Gasteiger partial charge >= 0.3 is 57.4 Å². The number of hydrogen-bond acceptors (Lipinski definition) is 5. The molecule has 0 aromatic rings. The van der Waals surface area contributed by atoms with Gasteiger partial charge in [0.2, 0.25) is 0 Å². The molecule has 0 aliphatic heterocycles. The molecule has 0 bridgehead atoms. The summed E-state index contributed by atoms with van der Waals surface area (Å²) in [5.74, 6) is -2.55. The van der Waals surface area contributed by atoms with Gasteiger partial charge in [-0.2, -0.15) is 5.26 Å². The summed E-state index contributed by atoms with van der Waals surface area (Å²) in [7, 11) is 0. The Labute approximate surface area is 124 Å². The van der Waals surface area contributed by atoms with Crippen molar-refractivity contribution in [3.05, 3.63) is 0 Å². The maximum absolute atomic E-state index is 10.8. The van der Waals surface area contributed by atoms with Crippen LogP contribution in [0, 0.1) is 11.8 Å². The zero-order valence-electron chi connectivity index (χ0n) is 8.06. The molecule has 0 amide bonds. The van der Waals surface area contributed by atoms with Gasteiger partial charge in [0, 0.05) is 5.97 Å². The molecule has 14 heavy (non-hydrogen) atoms. The molecular weight excluding hydrogens is 215 g/mol. The number of carboxylic acid groups (broad SMARTS) is 1. The first-order chi connectivity index (χ1) is 6.15. The molecular formula is C8H11KO5. The normalized spacial score (nSPS) is 26.1. The summed E-state index contributed by atoms with van der Waals surface area (Å²) < 4.78 is 0. The Morgan fingerprint density at radius 3 is 1.93 bits per heavy atom. The standard InChI is InChI=1S/C8H12O5.K/c9-7(10)5-1-3-6(4-2-5)8(11)13-12;/h5-6,12H,1-4H2,(H,9,10);/q;+1/p-1. The fraction of sp³-hybridized carbons (Fsp3) is 0.750. The van der Waals surface area contributed by atoms with Gasteiger partial charge in [0.05, 0.1) is 5.92 Å². The number of rotatable bonds is 2. The molecule has 0 aromatic heterocycles. The van der Waals surface area contributed by atoms with Gasteiger partial charge in [-0.15, -0.1) is 0 Å². The zero-order chi connectivity index (χ0) is 9.84. The minimum atomic E-state index is -1.06. The Balaban J connectivity index is 0.00000169. The summed E-state index contributed by atoms with van der Waals surface area (Å²) in [5.41, 5.74) is 0. The van der Waals surface area contributed by atoms with E-state index in [1.807, 2.05) is 0 Å². The molecule has 0 saturated heterocycles. The van der Waals surface area contributed by atoms with E-state index in [4.69, 9.17) is 5.26 Å². The second-order valence-electron chi connectivity index (χ2n) is 3.28. The first-order valence-corrected chi connectivity index (χ1v) is 4.21. The van der Waals surface area contributed by atoms with E-state index in [-0.39, 0.29) is 57.3 Å². The predicted octanol–water partition coefficient (Wildman–Crippen LogP) is -3.44. The quantitative estimate of drug-likeness (QED) is 0.301. The summed E-state index contributed by atoms with van der Waals surface area (Å²) in [6.45, 7) is 0. The Morgan fingerprint density at radius 2 is 1.57 bits per heavy atom. The van der Waals surface area contributed by atoms with Crippen LogP contribution in [0.15, 0.2) is 0 Å². The SMILES string of the molecule is O=C([O-])C1CCC(C(=O)OO)CC1.[K+]. The van der Waals surface area contributed by atoms with Crippen molar-refractivity contribution in [3.8, 4) is 0 Å². The van der Waals surface area contributed by atoms with E-state index in [0.29, 0.717) is 25.7 Å². The number of hydrogen-bond donors (Lipinski definition) is 1. The molecule has 1 saturated carbocycles. The largest absolute Gasteiger partial charge is 1.00 e. The van der Waals surface area contributed by atoms with Crippen molar-refractivity contribution in [3.63, 3.8) is 0 Å². The molecule has 0 aromatic carbocycles. The monoisotopic (exact) mass is 226 g/mol. The third kappa shape index (κ3) is 3.96. The van der Waals surface area contributed by atoms with Gasteiger partial charge in [0.25, 0.3) is 0 Å². The molecule has 6 heteroatoms. The molecule has 0 spiro atoms. The summed E-state index contributed by atoms with van der Waals surface area (Å²) in [6, 6.07) is 0. The van der Waals surface area contributed by atoms with Crippen LogP contribution in [0.1, 0.15) is 25.7 Å². The fourth-order valence-electron chi connectivity index (χ4n) is 1.64. The molecule has 1 N–H and O–H groups in total. The molecule has 74 valence electrons. The van der Waals surface area contributed by atoms with E-state index >= 15 is 0 Å². The van der Waals surface area contributed by atoms with Gasteiger partial charge in [-0.3, -0.25) is 0 Å². The van der Waals surface area contributed by atoms with Crippen LogP contribution in [0.4, 0.5) is 0 Å². The molecule has 0 unspecified atom stereocenters. The Hall–Kier alpha value is 0.536. The second-order valence-corrected chi connectivity index (χ2v) is 3.28. The van der Waals surface area contributed by atoms with E-state index in [0.717, 1.165) is 0 Å². The van der Waals surface area contributed by atoms with E-state index in [1.54, 1.807) is 0 Å². The van der Waals surface area contributed by atoms with Crippen LogP contribution in [-0.2, 0) is 14.5 Å². The van der Waals surface area contributed by atoms with Gasteiger partial charge in [-0.25, -0.2) is 4.79 Å². The first-order valence-electron chi connectivity index (χ1n) is 4.21.